The van der Waals surface area contributed by atoms with E-state index in [1.165, 1.54) is 12.1 Å². The second kappa shape index (κ2) is 9.23. The number of hydrogen-bond donors (Lipinski definition) is 3. The normalized spacial score (nSPS) is 18.6. The third-order valence-electron chi connectivity index (χ3n) is 6.83. The van der Waals surface area contributed by atoms with Crippen LogP contribution in [0.2, 0.25) is 0 Å². The molecule has 0 bridgehead atoms. The molecule has 200 valence electrons. The maximum absolute atomic E-state index is 13.1. The van der Waals surface area contributed by atoms with Crippen LogP contribution in [0.15, 0.2) is 35.3 Å². The first-order valence-corrected chi connectivity index (χ1v) is 12.5. The van der Waals surface area contributed by atoms with Gasteiger partial charge in [-0.05, 0) is 58.6 Å². The first-order valence-electron chi connectivity index (χ1n) is 12.5. The van der Waals surface area contributed by atoms with Crippen molar-refractivity contribution in [1.82, 2.24) is 19.6 Å². The van der Waals surface area contributed by atoms with E-state index in [0.717, 1.165) is 30.5 Å². The van der Waals surface area contributed by atoms with Gasteiger partial charge in [0.1, 0.15) is 11.7 Å². The SMILES string of the molecule is Cc1nn(C2=C/C(=N)Nc3c(c(-c4ccc(C(F)(F)F)cc4)nn3CC3CC3)C/C=N\2)c(C)c1C(C)(C)O. The number of benzene rings is 1. The van der Waals surface area contributed by atoms with Gasteiger partial charge in [0.15, 0.2) is 5.82 Å². The van der Waals surface area contributed by atoms with Crippen molar-refractivity contribution in [1.29, 1.82) is 5.41 Å². The van der Waals surface area contributed by atoms with Crippen LogP contribution in [0.5, 0.6) is 0 Å². The lowest BCUT2D eigenvalue weighted by Crippen LogP contribution is -2.18. The molecule has 0 amide bonds. The van der Waals surface area contributed by atoms with Crippen LogP contribution in [0, 0.1) is 25.2 Å². The minimum Gasteiger partial charge on any atom is -0.386 e. The molecule has 0 saturated heterocycles. The van der Waals surface area contributed by atoms with E-state index in [1.54, 1.807) is 30.8 Å². The number of aliphatic hydroxyl groups is 1. The quantitative estimate of drug-likeness (QED) is 0.407. The molecule has 5 rings (SSSR count). The van der Waals surface area contributed by atoms with Crippen molar-refractivity contribution in [3.8, 4) is 11.3 Å². The first kappa shape index (κ1) is 25.9. The highest BCUT2D eigenvalue weighted by atomic mass is 19.4. The topological polar surface area (TPSA) is 104 Å². The molecule has 1 aliphatic heterocycles. The van der Waals surface area contributed by atoms with Crippen molar-refractivity contribution in [2.45, 2.75) is 65.3 Å². The van der Waals surface area contributed by atoms with Crippen LogP contribution in [-0.2, 0) is 24.7 Å². The van der Waals surface area contributed by atoms with Crippen molar-refractivity contribution >= 4 is 23.7 Å². The molecular weight excluding hydrogens is 495 g/mol. The van der Waals surface area contributed by atoms with Crippen LogP contribution in [0.4, 0.5) is 19.0 Å². The van der Waals surface area contributed by atoms with E-state index < -0.39 is 17.3 Å². The lowest BCUT2D eigenvalue weighted by molar-refractivity contribution is -0.137. The molecule has 38 heavy (non-hydrogen) atoms. The first-order chi connectivity index (χ1) is 17.8. The lowest BCUT2D eigenvalue weighted by Gasteiger charge is -2.18. The number of alkyl halides is 3. The van der Waals surface area contributed by atoms with Crippen LogP contribution in [0.25, 0.3) is 17.1 Å². The van der Waals surface area contributed by atoms with Crippen LogP contribution in [0.1, 0.15) is 54.8 Å². The number of halogens is 3. The standard InChI is InChI=1S/C27H30F3N7O/c1-15-23(26(3,4)38)16(2)37(34-15)22-13-21(31)33-25-20(11-12-32-22)24(35-36(25)14-17-5-6-17)18-7-9-19(10-8-18)27(28,29)30/h7-10,12-13,17,38H,5-6,11,14H2,1-4H3,(H2,31,33)/b22-13+,32-12-. The fourth-order valence-electron chi connectivity index (χ4n) is 4.99. The molecule has 11 heteroatoms. The van der Waals surface area contributed by atoms with E-state index in [1.807, 2.05) is 18.5 Å². The Hall–Kier alpha value is -3.73. The number of nitrogens with zero attached hydrogens (tertiary/aromatic N) is 5. The molecule has 0 unspecified atom stereocenters. The Balaban J connectivity index is 1.55. The van der Waals surface area contributed by atoms with E-state index in [4.69, 9.17) is 10.5 Å². The molecule has 2 aliphatic rings. The van der Waals surface area contributed by atoms with Crippen molar-refractivity contribution in [2.75, 3.05) is 5.32 Å². The maximum Gasteiger partial charge on any atom is 0.416 e. The third-order valence-corrected chi connectivity index (χ3v) is 6.83. The molecule has 1 aliphatic carbocycles. The second-order valence-electron chi connectivity index (χ2n) is 10.5. The van der Waals surface area contributed by atoms with Gasteiger partial charge in [0.05, 0.1) is 22.6 Å². The van der Waals surface area contributed by atoms with Gasteiger partial charge < -0.3 is 10.4 Å². The summed E-state index contributed by atoms with van der Waals surface area (Å²) in [5.74, 6) is 1.58. The monoisotopic (exact) mass is 525 g/mol. The summed E-state index contributed by atoms with van der Waals surface area (Å²) in [6.07, 6.45) is 1.36. The summed E-state index contributed by atoms with van der Waals surface area (Å²) in [6, 6.07) is 4.98. The largest absolute Gasteiger partial charge is 0.416 e. The number of fused-ring (bicyclic) bond motifs is 1. The molecule has 8 nitrogen and oxygen atoms in total. The zero-order valence-corrected chi connectivity index (χ0v) is 21.7. The predicted molar refractivity (Wildman–Crippen MR) is 140 cm³/mol. The highest BCUT2D eigenvalue weighted by Gasteiger charge is 2.31. The summed E-state index contributed by atoms with van der Waals surface area (Å²) in [7, 11) is 0. The van der Waals surface area contributed by atoms with Crippen LogP contribution in [0.3, 0.4) is 0 Å². The molecule has 3 N–H and O–H groups in total. The van der Waals surface area contributed by atoms with Crippen molar-refractivity contribution in [3.05, 3.63) is 58.4 Å². The van der Waals surface area contributed by atoms with Gasteiger partial charge in [0, 0.05) is 47.6 Å². The Labute approximate surface area is 218 Å². The number of aliphatic imine (C=N–C) groups is 1. The average Bonchev–Trinajstić information content (AvgIpc) is 3.48. The number of amidine groups is 1. The molecule has 0 radical (unpaired) electrons. The van der Waals surface area contributed by atoms with Crippen molar-refractivity contribution < 1.29 is 18.3 Å². The van der Waals surface area contributed by atoms with E-state index in [2.05, 4.69) is 15.4 Å². The molecule has 0 spiro atoms. The summed E-state index contributed by atoms with van der Waals surface area (Å²) in [5, 5.41) is 31.8. The summed E-state index contributed by atoms with van der Waals surface area (Å²) in [6.45, 7) is 7.72. The average molecular weight is 526 g/mol. The van der Waals surface area contributed by atoms with Crippen LogP contribution in [-0.4, -0.2) is 36.7 Å². The van der Waals surface area contributed by atoms with Crippen LogP contribution < -0.4 is 5.32 Å². The Morgan fingerprint density at radius 2 is 1.79 bits per heavy atom. The van der Waals surface area contributed by atoms with Gasteiger partial charge in [-0.2, -0.15) is 23.4 Å². The molecule has 3 aromatic rings. The van der Waals surface area contributed by atoms with Crippen molar-refractivity contribution in [2.24, 2.45) is 10.9 Å². The molecule has 2 aromatic heterocycles. The van der Waals surface area contributed by atoms with Gasteiger partial charge in [-0.25, -0.2) is 14.4 Å². The van der Waals surface area contributed by atoms with E-state index in [0.29, 0.717) is 58.7 Å². The number of aryl methyl sites for hydroxylation is 1. The number of rotatable bonds is 5. The number of anilines is 1. The van der Waals surface area contributed by atoms with Gasteiger partial charge in [0.2, 0.25) is 0 Å². The highest BCUT2D eigenvalue weighted by molar-refractivity contribution is 6.05. The van der Waals surface area contributed by atoms with Gasteiger partial charge in [0.25, 0.3) is 0 Å². The molecule has 1 fully saturated rings. The Kier molecular flexibility index (Phi) is 6.29. The Morgan fingerprint density at radius 3 is 2.37 bits per heavy atom. The van der Waals surface area contributed by atoms with Gasteiger partial charge in [-0.1, -0.05) is 12.1 Å². The number of nitrogens with one attached hydrogen (secondary N) is 2. The minimum absolute atomic E-state index is 0.0635. The van der Waals surface area contributed by atoms with E-state index in [9.17, 15) is 18.3 Å². The lowest BCUT2D eigenvalue weighted by atomic mass is 9.96. The Morgan fingerprint density at radius 1 is 1.11 bits per heavy atom. The summed E-state index contributed by atoms with van der Waals surface area (Å²) >= 11 is 0. The van der Waals surface area contributed by atoms with E-state index >= 15 is 0 Å². The predicted octanol–water partition coefficient (Wildman–Crippen LogP) is 5.53. The van der Waals surface area contributed by atoms with Gasteiger partial charge in [-0.15, -0.1) is 0 Å². The zero-order chi connectivity index (χ0) is 27.4. The number of aromatic nitrogens is 4. The van der Waals surface area contributed by atoms with E-state index in [-0.39, 0.29) is 5.84 Å². The smallest absolute Gasteiger partial charge is 0.386 e. The zero-order valence-electron chi connectivity index (χ0n) is 21.7. The van der Waals surface area contributed by atoms with Gasteiger partial charge in [-0.3, -0.25) is 5.41 Å². The second-order valence-corrected chi connectivity index (χ2v) is 10.5. The summed E-state index contributed by atoms with van der Waals surface area (Å²) < 4.78 is 42.8. The third kappa shape index (κ3) is 5.02. The fourth-order valence-corrected chi connectivity index (χ4v) is 4.99. The maximum atomic E-state index is 13.1. The summed E-state index contributed by atoms with van der Waals surface area (Å²) in [5.41, 5.74) is 2.13. The minimum atomic E-state index is -4.42. The molecule has 1 aromatic carbocycles. The molecule has 0 atom stereocenters. The van der Waals surface area contributed by atoms with Crippen molar-refractivity contribution in [3.63, 3.8) is 0 Å². The molecule has 1 saturated carbocycles. The highest BCUT2D eigenvalue weighted by Crippen LogP contribution is 2.37. The molecule has 3 heterocycles. The Bertz CT molecular complexity index is 1450. The summed E-state index contributed by atoms with van der Waals surface area (Å²) in [4.78, 5) is 4.61. The number of hydrogen-bond acceptors (Lipinski definition) is 5. The molecular formula is C27H30F3N7O. The van der Waals surface area contributed by atoms with Gasteiger partial charge >= 0.3 is 6.18 Å². The fraction of sp³-hybridized carbons (Fsp3) is 0.407. The van der Waals surface area contributed by atoms with Crippen LogP contribution >= 0.6 is 0 Å².